The van der Waals surface area contributed by atoms with Crippen LogP contribution in [0.2, 0.25) is 0 Å². The molecule has 1 aromatic heterocycles. The molecule has 0 bridgehead atoms. The number of para-hydroxylation sites is 1. The summed E-state index contributed by atoms with van der Waals surface area (Å²) in [6.45, 7) is 3.18. The lowest BCUT2D eigenvalue weighted by Gasteiger charge is -2.05. The Bertz CT molecular complexity index is 692. The molecule has 3 aromatic rings. The van der Waals surface area contributed by atoms with Gasteiger partial charge in [-0.05, 0) is 43.0 Å². The smallest absolute Gasteiger partial charge is 0.186 e. The molecule has 1 nitrogen and oxygen atoms in total. The largest absolute Gasteiger partial charge is 0.245 e. The van der Waals surface area contributed by atoms with Gasteiger partial charge >= 0.3 is 0 Å². The van der Waals surface area contributed by atoms with Crippen molar-refractivity contribution in [3.8, 4) is 0 Å². The van der Waals surface area contributed by atoms with Crippen LogP contribution in [0.1, 0.15) is 6.92 Å². The van der Waals surface area contributed by atoms with E-state index in [1.165, 1.54) is 20.8 Å². The van der Waals surface area contributed by atoms with E-state index < -0.39 is 0 Å². The topological polar surface area (TPSA) is 3.88 Å². The number of hydrogen-bond donors (Lipinski definition) is 0. The molecular weight excluding hydrogens is 250 g/mol. The monoisotopic (exact) mass is 266 g/mol. The lowest BCUT2D eigenvalue weighted by molar-refractivity contribution is -0.704. The lowest BCUT2D eigenvalue weighted by Crippen LogP contribution is -2.35. The van der Waals surface area contributed by atoms with E-state index in [9.17, 15) is 0 Å². The van der Waals surface area contributed by atoms with Gasteiger partial charge in [0.2, 0.25) is 10.5 Å². The van der Waals surface area contributed by atoms with Crippen LogP contribution in [0.15, 0.2) is 76.7 Å². The average Bonchev–Trinajstić information content (AvgIpc) is 2.48. The molecule has 0 N–H and O–H groups in total. The number of nitrogens with zero attached hydrogens (tertiary/aromatic N) is 1. The minimum atomic E-state index is 0.983. The molecule has 2 aromatic carbocycles. The molecule has 94 valence electrons. The molecule has 0 spiro atoms. The Balaban J connectivity index is 2.08. The van der Waals surface area contributed by atoms with Crippen molar-refractivity contribution >= 4 is 22.7 Å². The fraction of sp³-hybridized carbons (Fsp3) is 0.118. The van der Waals surface area contributed by atoms with Crippen LogP contribution in [0.4, 0.5) is 0 Å². The summed E-state index contributed by atoms with van der Waals surface area (Å²) < 4.78 is 2.37. The van der Waals surface area contributed by atoms with Gasteiger partial charge in [-0.25, -0.2) is 0 Å². The molecule has 0 fully saturated rings. The lowest BCUT2D eigenvalue weighted by atomic mass is 10.2. The van der Waals surface area contributed by atoms with Gasteiger partial charge < -0.3 is 0 Å². The van der Waals surface area contributed by atoms with Crippen LogP contribution in [0, 0.1) is 0 Å². The number of benzene rings is 2. The zero-order chi connectivity index (χ0) is 13.1. The molecule has 0 saturated carbocycles. The molecule has 0 aliphatic carbocycles. The van der Waals surface area contributed by atoms with Crippen LogP contribution in [0.5, 0.6) is 0 Å². The molecule has 2 heteroatoms. The summed E-state index contributed by atoms with van der Waals surface area (Å²) in [6.07, 6.45) is 0. The van der Waals surface area contributed by atoms with Crippen molar-refractivity contribution in [3.05, 3.63) is 66.7 Å². The molecule has 19 heavy (non-hydrogen) atoms. The Morgan fingerprint density at radius 1 is 0.842 bits per heavy atom. The summed E-state index contributed by atoms with van der Waals surface area (Å²) in [5.74, 6) is 0. The van der Waals surface area contributed by atoms with Gasteiger partial charge in [-0.1, -0.05) is 30.3 Å². The first-order chi connectivity index (χ1) is 9.38. The summed E-state index contributed by atoms with van der Waals surface area (Å²) >= 11 is 1.82. The molecule has 0 radical (unpaired) electrons. The summed E-state index contributed by atoms with van der Waals surface area (Å²) in [5, 5.41) is 2.58. The van der Waals surface area contributed by atoms with Crippen molar-refractivity contribution in [1.29, 1.82) is 0 Å². The van der Waals surface area contributed by atoms with Crippen molar-refractivity contribution in [2.45, 2.75) is 23.4 Å². The maximum Gasteiger partial charge on any atom is 0.245 e. The third-order valence-electron chi connectivity index (χ3n) is 3.18. The van der Waals surface area contributed by atoms with E-state index in [0.29, 0.717) is 0 Å². The van der Waals surface area contributed by atoms with E-state index in [-0.39, 0.29) is 0 Å². The Hall–Kier alpha value is -1.80. The van der Waals surface area contributed by atoms with Gasteiger partial charge in [0.05, 0.1) is 0 Å². The second kappa shape index (κ2) is 5.45. The summed E-state index contributed by atoms with van der Waals surface area (Å²) in [6, 6.07) is 23.5. The van der Waals surface area contributed by atoms with E-state index >= 15 is 0 Å². The van der Waals surface area contributed by atoms with Crippen LogP contribution < -0.4 is 4.57 Å². The van der Waals surface area contributed by atoms with Crippen molar-refractivity contribution < 1.29 is 4.57 Å². The average molecular weight is 266 g/mol. The molecular formula is C17H16NS+. The maximum absolute atomic E-state index is 2.37. The number of hydrogen-bond acceptors (Lipinski definition) is 1. The van der Waals surface area contributed by atoms with E-state index in [0.717, 1.165) is 6.54 Å². The zero-order valence-electron chi connectivity index (χ0n) is 10.9. The fourth-order valence-electron chi connectivity index (χ4n) is 2.27. The summed E-state index contributed by atoms with van der Waals surface area (Å²) in [7, 11) is 0. The zero-order valence-corrected chi connectivity index (χ0v) is 11.7. The number of fused-ring (bicyclic) bond motifs is 1. The normalized spacial score (nSPS) is 10.8. The highest BCUT2D eigenvalue weighted by molar-refractivity contribution is 7.99. The van der Waals surface area contributed by atoms with Crippen molar-refractivity contribution in [2.24, 2.45) is 0 Å². The van der Waals surface area contributed by atoms with Crippen LogP contribution in [-0.2, 0) is 6.54 Å². The first kappa shape index (κ1) is 12.2. The Morgan fingerprint density at radius 3 is 2.37 bits per heavy atom. The number of pyridine rings is 1. The van der Waals surface area contributed by atoms with E-state index in [4.69, 9.17) is 0 Å². The van der Waals surface area contributed by atoms with Gasteiger partial charge in [-0.3, -0.25) is 0 Å². The molecule has 3 rings (SSSR count). The van der Waals surface area contributed by atoms with Crippen molar-refractivity contribution in [3.63, 3.8) is 0 Å². The standard InChI is InChI=1S/C17H16NS/c1-2-18-16-11-7-6-8-14(16)12-13-17(18)19-15-9-4-3-5-10-15/h3-13H,2H2,1H3/q+1. The van der Waals surface area contributed by atoms with Gasteiger partial charge in [0, 0.05) is 22.4 Å². The molecule has 0 aliphatic heterocycles. The van der Waals surface area contributed by atoms with Crippen molar-refractivity contribution in [1.82, 2.24) is 0 Å². The fourth-order valence-corrected chi connectivity index (χ4v) is 3.28. The first-order valence-electron chi connectivity index (χ1n) is 6.53. The van der Waals surface area contributed by atoms with E-state index in [1.807, 2.05) is 11.8 Å². The second-order valence-corrected chi connectivity index (χ2v) is 5.48. The van der Waals surface area contributed by atoms with Crippen LogP contribution in [-0.4, -0.2) is 0 Å². The number of aromatic nitrogens is 1. The highest BCUT2D eigenvalue weighted by atomic mass is 32.2. The third-order valence-corrected chi connectivity index (χ3v) is 4.25. The Labute approximate surface area is 117 Å². The SMILES string of the molecule is CC[n+]1c(Sc2ccccc2)ccc2ccccc21. The van der Waals surface area contributed by atoms with Crippen LogP contribution >= 0.6 is 11.8 Å². The number of aryl methyl sites for hydroxylation is 1. The maximum atomic E-state index is 2.37. The second-order valence-electron chi connectivity index (χ2n) is 4.39. The molecule has 0 saturated heterocycles. The Kier molecular flexibility index (Phi) is 3.51. The van der Waals surface area contributed by atoms with Crippen LogP contribution in [0.3, 0.4) is 0 Å². The minimum Gasteiger partial charge on any atom is -0.186 e. The van der Waals surface area contributed by atoms with Crippen LogP contribution in [0.25, 0.3) is 10.9 Å². The highest BCUT2D eigenvalue weighted by Crippen LogP contribution is 2.26. The highest BCUT2D eigenvalue weighted by Gasteiger charge is 2.14. The van der Waals surface area contributed by atoms with Gasteiger partial charge in [-0.15, -0.1) is 0 Å². The quantitative estimate of drug-likeness (QED) is 0.639. The van der Waals surface area contributed by atoms with Gasteiger partial charge in [-0.2, -0.15) is 4.57 Å². The molecule has 1 heterocycles. The van der Waals surface area contributed by atoms with Gasteiger partial charge in [0.25, 0.3) is 0 Å². The van der Waals surface area contributed by atoms with Crippen molar-refractivity contribution in [2.75, 3.05) is 0 Å². The Morgan fingerprint density at radius 2 is 1.58 bits per heavy atom. The molecule has 0 unspecified atom stereocenters. The summed E-state index contributed by atoms with van der Waals surface area (Å²) in [5.41, 5.74) is 1.30. The summed E-state index contributed by atoms with van der Waals surface area (Å²) in [4.78, 5) is 1.28. The molecule has 0 aliphatic rings. The van der Waals surface area contributed by atoms with E-state index in [1.54, 1.807) is 0 Å². The van der Waals surface area contributed by atoms with Gasteiger partial charge in [0.15, 0.2) is 0 Å². The third kappa shape index (κ3) is 2.49. The predicted molar refractivity (Wildman–Crippen MR) is 80.4 cm³/mol. The van der Waals surface area contributed by atoms with E-state index in [2.05, 4.69) is 78.2 Å². The molecule has 0 atom stereocenters. The predicted octanol–water partition coefficient (Wildman–Crippen LogP) is 4.30. The molecule has 0 amide bonds. The minimum absolute atomic E-state index is 0.983. The van der Waals surface area contributed by atoms with Gasteiger partial charge in [0.1, 0.15) is 6.54 Å². The number of rotatable bonds is 3. The first-order valence-corrected chi connectivity index (χ1v) is 7.34.